The molecule has 1 rings (SSSR count). The second-order valence-corrected chi connectivity index (χ2v) is 18.4. The van der Waals surface area contributed by atoms with Crippen LogP contribution in [0.3, 0.4) is 0 Å². The Bertz CT molecular complexity index is 1300. The molecule has 1 fully saturated rings. The molecular formula is C51H92O12S. The maximum absolute atomic E-state index is 12.9. The van der Waals surface area contributed by atoms with Crippen LogP contribution in [0.25, 0.3) is 0 Å². The van der Waals surface area contributed by atoms with Crippen molar-refractivity contribution in [2.24, 2.45) is 0 Å². The van der Waals surface area contributed by atoms with Crippen molar-refractivity contribution in [3.8, 4) is 0 Å². The van der Waals surface area contributed by atoms with Crippen LogP contribution in [0.4, 0.5) is 0 Å². The number of aliphatic hydroxyl groups excluding tert-OH is 3. The fourth-order valence-electron chi connectivity index (χ4n) is 7.62. The largest absolute Gasteiger partial charge is 0.457 e. The topological polar surface area (TPSA) is 178 Å². The van der Waals surface area contributed by atoms with Gasteiger partial charge < -0.3 is 34.3 Å². The van der Waals surface area contributed by atoms with Crippen LogP contribution in [0.15, 0.2) is 48.6 Å². The smallest absolute Gasteiger partial charge is 0.397 e. The summed E-state index contributed by atoms with van der Waals surface area (Å²) in [4.78, 5) is 12.9. The quantitative estimate of drug-likeness (QED) is 0.0197. The molecule has 13 heteroatoms. The first-order valence-corrected chi connectivity index (χ1v) is 26.8. The Morgan fingerprint density at radius 2 is 1.08 bits per heavy atom. The summed E-state index contributed by atoms with van der Waals surface area (Å²) in [5.41, 5.74) is 0. The predicted octanol–water partition coefficient (Wildman–Crippen LogP) is 11.5. The average Bonchev–Trinajstić information content (AvgIpc) is 3.27. The number of carbonyl (C=O) groups is 1. The van der Waals surface area contributed by atoms with Crippen LogP contribution >= 0.6 is 0 Å². The first-order valence-electron chi connectivity index (χ1n) is 25.4. The van der Waals surface area contributed by atoms with E-state index in [2.05, 4.69) is 66.6 Å². The highest BCUT2D eigenvalue weighted by Crippen LogP contribution is 2.26. The van der Waals surface area contributed by atoms with Crippen LogP contribution in [0, 0.1) is 0 Å². The van der Waals surface area contributed by atoms with E-state index in [4.69, 9.17) is 18.9 Å². The summed E-state index contributed by atoms with van der Waals surface area (Å²) in [5.74, 6) is -0.408. The molecule has 12 nitrogen and oxygen atoms in total. The van der Waals surface area contributed by atoms with Crippen LogP contribution in [0.5, 0.6) is 0 Å². The maximum Gasteiger partial charge on any atom is 0.397 e. The van der Waals surface area contributed by atoms with E-state index < -0.39 is 59.8 Å². The molecule has 1 saturated heterocycles. The lowest BCUT2D eigenvalue weighted by Gasteiger charge is -2.41. The summed E-state index contributed by atoms with van der Waals surface area (Å²) < 4.78 is 59.2. The summed E-state index contributed by atoms with van der Waals surface area (Å²) in [5, 5.41) is 30.7. The fourth-order valence-corrected chi connectivity index (χ4v) is 8.13. The number of rotatable bonds is 44. The molecule has 6 unspecified atom stereocenters. The van der Waals surface area contributed by atoms with Gasteiger partial charge in [-0.15, -0.1) is 0 Å². The first kappa shape index (κ1) is 60.1. The monoisotopic (exact) mass is 929 g/mol. The van der Waals surface area contributed by atoms with Gasteiger partial charge >= 0.3 is 16.4 Å². The lowest BCUT2D eigenvalue weighted by atomic mass is 9.99. The van der Waals surface area contributed by atoms with E-state index in [1.165, 1.54) is 109 Å². The number of hydrogen-bond acceptors (Lipinski definition) is 11. The minimum Gasteiger partial charge on any atom is -0.457 e. The van der Waals surface area contributed by atoms with Gasteiger partial charge in [-0.3, -0.25) is 9.35 Å². The molecule has 1 aliphatic heterocycles. The van der Waals surface area contributed by atoms with Crippen molar-refractivity contribution in [1.82, 2.24) is 0 Å². The number of aliphatic hydroxyl groups is 3. The van der Waals surface area contributed by atoms with E-state index in [1.807, 2.05) is 0 Å². The fraction of sp³-hybridized carbons (Fsp3) is 0.824. The zero-order valence-corrected chi connectivity index (χ0v) is 40.9. The number of ether oxygens (including phenoxy) is 4. The molecule has 0 radical (unpaired) electrons. The molecule has 0 aliphatic carbocycles. The highest BCUT2D eigenvalue weighted by molar-refractivity contribution is 7.80. The maximum atomic E-state index is 12.9. The van der Waals surface area contributed by atoms with E-state index in [-0.39, 0.29) is 19.6 Å². The molecule has 0 spiro atoms. The average molecular weight is 929 g/mol. The van der Waals surface area contributed by atoms with Gasteiger partial charge in [-0.1, -0.05) is 178 Å². The lowest BCUT2D eigenvalue weighted by molar-refractivity contribution is -0.301. The van der Waals surface area contributed by atoms with Crippen LogP contribution < -0.4 is 0 Å². The predicted molar refractivity (Wildman–Crippen MR) is 257 cm³/mol. The van der Waals surface area contributed by atoms with Gasteiger partial charge in [-0.2, -0.15) is 8.42 Å². The third kappa shape index (κ3) is 35.3. The number of unbranched alkanes of at least 4 members (excludes halogenated alkanes) is 23. The zero-order chi connectivity index (χ0) is 46.8. The van der Waals surface area contributed by atoms with Crippen LogP contribution in [0.1, 0.15) is 206 Å². The molecule has 0 aromatic heterocycles. The molecule has 1 heterocycles. The Morgan fingerprint density at radius 1 is 0.609 bits per heavy atom. The number of allylic oxidation sites excluding steroid dienone is 8. The number of carbonyl (C=O) groups excluding carboxylic acids is 1. The van der Waals surface area contributed by atoms with Crippen molar-refractivity contribution in [3.05, 3.63) is 48.6 Å². The van der Waals surface area contributed by atoms with Gasteiger partial charge in [-0.25, -0.2) is 4.18 Å². The van der Waals surface area contributed by atoms with E-state index in [1.54, 1.807) is 0 Å². The normalized spacial score (nSPS) is 20.1. The second-order valence-electron chi connectivity index (χ2n) is 17.4. The van der Waals surface area contributed by atoms with Crippen molar-refractivity contribution in [2.45, 2.75) is 243 Å². The Labute approximate surface area is 389 Å². The summed E-state index contributed by atoms with van der Waals surface area (Å²) in [6, 6.07) is 0. The standard InChI is InChI=1S/C51H92O12S/c1-3-5-7-9-11-13-15-17-19-20-21-22-23-24-25-26-27-28-30-32-34-36-38-40-47(53)61-45(43-59-41-39-37-35-33-31-29-18-16-14-12-10-8-6-4-2)44-60-51-49(55)50(63-64(56,57)58)48(54)46(42-52)62-51/h6,8,12,14,18,20-21,29,45-46,48-52,54-55H,3-5,7,9-11,13,15-17,19,22-28,30-44H2,1-2H3,(H,56,57,58)/b8-6-,14-12-,21-20-,29-18-. The molecule has 4 N–H and O–H groups in total. The van der Waals surface area contributed by atoms with Gasteiger partial charge in [0.05, 0.1) is 19.8 Å². The van der Waals surface area contributed by atoms with E-state index >= 15 is 0 Å². The van der Waals surface area contributed by atoms with Crippen molar-refractivity contribution < 1.29 is 56.2 Å². The van der Waals surface area contributed by atoms with Gasteiger partial charge in [0.25, 0.3) is 0 Å². The third-order valence-electron chi connectivity index (χ3n) is 11.4. The van der Waals surface area contributed by atoms with Crippen LogP contribution in [0.2, 0.25) is 0 Å². The van der Waals surface area contributed by atoms with Gasteiger partial charge in [0, 0.05) is 13.0 Å². The molecule has 6 atom stereocenters. The Balaban J connectivity index is 2.34. The van der Waals surface area contributed by atoms with Crippen molar-refractivity contribution in [2.75, 3.05) is 26.4 Å². The molecule has 0 saturated carbocycles. The summed E-state index contributed by atoms with van der Waals surface area (Å²) in [6.07, 6.45) is 43.0. The van der Waals surface area contributed by atoms with E-state index in [0.717, 1.165) is 70.6 Å². The van der Waals surface area contributed by atoms with Gasteiger partial charge in [-0.05, 0) is 70.6 Å². The Hall–Kier alpha value is -1.94. The summed E-state index contributed by atoms with van der Waals surface area (Å²) >= 11 is 0. The summed E-state index contributed by atoms with van der Waals surface area (Å²) in [6.45, 7) is 3.84. The molecule has 0 aromatic rings. The van der Waals surface area contributed by atoms with Gasteiger partial charge in [0.2, 0.25) is 0 Å². The minimum atomic E-state index is -5.07. The van der Waals surface area contributed by atoms with Crippen LogP contribution in [-0.2, 0) is 38.3 Å². The Kier molecular flexibility index (Phi) is 39.8. The van der Waals surface area contributed by atoms with Crippen molar-refractivity contribution in [1.29, 1.82) is 0 Å². The second kappa shape index (κ2) is 42.4. The van der Waals surface area contributed by atoms with Crippen molar-refractivity contribution >= 4 is 16.4 Å². The molecule has 0 bridgehead atoms. The molecule has 1 aliphatic rings. The minimum absolute atomic E-state index is 0.0203. The number of esters is 1. The highest BCUT2D eigenvalue weighted by Gasteiger charge is 2.48. The first-order chi connectivity index (χ1) is 31.1. The molecule has 64 heavy (non-hydrogen) atoms. The Morgan fingerprint density at radius 3 is 1.59 bits per heavy atom. The summed E-state index contributed by atoms with van der Waals surface area (Å²) in [7, 11) is -5.07. The highest BCUT2D eigenvalue weighted by atomic mass is 32.3. The molecule has 374 valence electrons. The molecular weight excluding hydrogens is 837 g/mol. The van der Waals surface area contributed by atoms with E-state index in [0.29, 0.717) is 13.0 Å². The number of hydrogen-bond donors (Lipinski definition) is 4. The molecule has 0 aromatic carbocycles. The molecule has 0 amide bonds. The van der Waals surface area contributed by atoms with Gasteiger partial charge in [0.15, 0.2) is 6.29 Å². The third-order valence-corrected chi connectivity index (χ3v) is 11.9. The van der Waals surface area contributed by atoms with E-state index in [9.17, 15) is 33.1 Å². The SMILES string of the molecule is CC/C=C\C/C=C\C/C=C\CCCCCCOCC(COC1OC(CO)C(O)C(OS(=O)(=O)O)C1O)OC(=O)CCCCCCCCCCCCC/C=C\CCCCCCCCCC. The van der Waals surface area contributed by atoms with Gasteiger partial charge in [0.1, 0.15) is 30.5 Å². The van der Waals surface area contributed by atoms with Crippen LogP contribution in [-0.4, -0.2) is 97.5 Å². The zero-order valence-electron chi connectivity index (χ0n) is 40.1. The lowest BCUT2D eigenvalue weighted by Crippen LogP contribution is -2.60. The van der Waals surface area contributed by atoms with Crippen molar-refractivity contribution in [3.63, 3.8) is 0 Å².